The molecular weight excluding hydrogens is 805 g/mol. The maximum atomic E-state index is 14.2. The van der Waals surface area contributed by atoms with Gasteiger partial charge >= 0.3 is 5.97 Å². The molecule has 0 aliphatic carbocycles. The molecule has 4 bridgehead atoms. The third-order valence-corrected chi connectivity index (χ3v) is 11.9. The first kappa shape index (κ1) is 40.6. The van der Waals surface area contributed by atoms with Crippen LogP contribution in [0.25, 0.3) is 43.2 Å². The largest absolute Gasteiger partial charge is 0.496 e. The molecule has 0 spiro atoms. The van der Waals surface area contributed by atoms with Crippen molar-refractivity contribution in [3.63, 3.8) is 0 Å². The molecule has 7 aromatic rings. The third kappa shape index (κ3) is 8.60. The Bertz CT molecular complexity index is 2690. The van der Waals surface area contributed by atoms with Gasteiger partial charge in [0.15, 0.2) is 5.82 Å². The van der Waals surface area contributed by atoms with Gasteiger partial charge in [-0.15, -0.1) is 11.3 Å². The number of methoxy groups -OCH3 is 1. The zero-order valence-corrected chi connectivity index (χ0v) is 34.9. The van der Waals surface area contributed by atoms with Crippen molar-refractivity contribution in [2.75, 3.05) is 27.7 Å². The van der Waals surface area contributed by atoms with E-state index in [1.807, 2.05) is 75.6 Å². The van der Waals surface area contributed by atoms with Crippen molar-refractivity contribution in [1.82, 2.24) is 24.8 Å². The Morgan fingerprint density at radius 2 is 1.80 bits per heavy atom. The van der Waals surface area contributed by atoms with Gasteiger partial charge in [0.1, 0.15) is 46.9 Å². The monoisotopic (exact) mass is 845 g/mol. The number of halogens is 2. The quantitative estimate of drug-likeness (QED) is 0.149. The van der Waals surface area contributed by atoms with Crippen molar-refractivity contribution in [3.05, 3.63) is 131 Å². The highest BCUT2D eigenvalue weighted by molar-refractivity contribution is 7.22. The SMILES string of the molecule is COc1ccccc1-c1nccc(COc2ccc3cc2C[C@H](C(=O)O)Oc2ncnc4sc(-c5ccc(F)cc5)c(c24)-c2ccc(c(Cl)c2C)O[C@H](CN(C)C)CC3)n1. The van der Waals surface area contributed by atoms with Crippen molar-refractivity contribution in [2.45, 2.75) is 45.0 Å². The van der Waals surface area contributed by atoms with Gasteiger partial charge in [-0.2, -0.15) is 0 Å². The standard InChI is InChI=1S/C46H41ClFN5O6S/c1-26-33-16-18-37(41(26)47)58-32(23-53(2)3)15-9-27-10-17-35(57-24-31-19-20-49-43(52-31)34-7-5-6-8-36(34)56-4)29(21-27)22-38(46(54)55)59-44-40-39(33)42(60-45(40)51-25-50-44)28-11-13-30(48)14-12-28/h5-8,10-14,16-21,25,32,38H,9,15,22-24H2,1-4H3,(H,54,55)/t32-,38+/m0/s1. The number of carboxylic acids is 1. The second-order valence-electron chi connectivity index (χ2n) is 14.7. The van der Waals surface area contributed by atoms with Gasteiger partial charge < -0.3 is 29.0 Å². The number of aromatic nitrogens is 4. The topological polar surface area (TPSA) is 129 Å². The fraction of sp³-hybridized carbons (Fsp3) is 0.239. The fourth-order valence-electron chi connectivity index (χ4n) is 7.37. The van der Waals surface area contributed by atoms with Crippen LogP contribution >= 0.6 is 22.9 Å². The van der Waals surface area contributed by atoms with E-state index >= 15 is 0 Å². The summed E-state index contributed by atoms with van der Waals surface area (Å²) in [5.74, 6) is 0.674. The third-order valence-electron chi connectivity index (χ3n) is 10.3. The van der Waals surface area contributed by atoms with E-state index in [1.165, 1.54) is 29.8 Å². The molecule has 1 N–H and O–H groups in total. The van der Waals surface area contributed by atoms with Crippen LogP contribution in [0.2, 0.25) is 5.02 Å². The van der Waals surface area contributed by atoms with Crippen LogP contribution in [0.1, 0.15) is 28.8 Å². The number of aliphatic carboxylic acids is 1. The first-order valence-electron chi connectivity index (χ1n) is 19.3. The van der Waals surface area contributed by atoms with Gasteiger partial charge in [-0.1, -0.05) is 54.1 Å². The van der Waals surface area contributed by atoms with Crippen LogP contribution in [0, 0.1) is 12.7 Å². The van der Waals surface area contributed by atoms with E-state index in [-0.39, 0.29) is 30.8 Å². The van der Waals surface area contributed by atoms with Crippen molar-refractivity contribution in [2.24, 2.45) is 0 Å². The molecule has 4 aromatic carbocycles. The van der Waals surface area contributed by atoms with Gasteiger partial charge in [-0.3, -0.25) is 0 Å². The molecule has 14 heteroatoms. The van der Waals surface area contributed by atoms with Crippen molar-refractivity contribution in [1.29, 1.82) is 0 Å². The van der Waals surface area contributed by atoms with Crippen LogP contribution in [-0.4, -0.2) is 75.9 Å². The molecule has 0 radical (unpaired) electrons. The van der Waals surface area contributed by atoms with Crippen LogP contribution < -0.4 is 18.9 Å². The van der Waals surface area contributed by atoms with E-state index in [4.69, 9.17) is 35.5 Å². The molecule has 9 rings (SSSR count). The van der Waals surface area contributed by atoms with Crippen LogP contribution in [0.3, 0.4) is 0 Å². The van der Waals surface area contributed by atoms with Crippen LogP contribution in [0.15, 0.2) is 97.5 Å². The minimum absolute atomic E-state index is 0.0543. The zero-order chi connectivity index (χ0) is 41.9. The number of carbonyl (C=O) groups is 1. The Morgan fingerprint density at radius 3 is 2.58 bits per heavy atom. The molecule has 2 aliphatic heterocycles. The molecule has 306 valence electrons. The summed E-state index contributed by atoms with van der Waals surface area (Å²) in [4.78, 5) is 34.9. The molecule has 60 heavy (non-hydrogen) atoms. The van der Waals surface area contributed by atoms with Gasteiger partial charge in [0.25, 0.3) is 0 Å². The van der Waals surface area contributed by atoms with Crippen LogP contribution in [-0.2, 0) is 24.2 Å². The predicted octanol–water partition coefficient (Wildman–Crippen LogP) is 9.50. The molecule has 0 fully saturated rings. The smallest absolute Gasteiger partial charge is 0.345 e. The minimum atomic E-state index is -1.38. The highest BCUT2D eigenvalue weighted by atomic mass is 35.5. The maximum Gasteiger partial charge on any atom is 0.345 e. The van der Waals surface area contributed by atoms with E-state index in [2.05, 4.69) is 19.9 Å². The van der Waals surface area contributed by atoms with Crippen molar-refractivity contribution in [3.8, 4) is 56.1 Å². The second-order valence-corrected chi connectivity index (χ2v) is 16.1. The summed E-state index contributed by atoms with van der Waals surface area (Å²) >= 11 is 8.52. The van der Waals surface area contributed by atoms with Crippen molar-refractivity contribution < 1.29 is 33.2 Å². The number of nitrogens with zero attached hydrogens (tertiary/aromatic N) is 5. The van der Waals surface area contributed by atoms with Crippen LogP contribution in [0.4, 0.5) is 4.39 Å². The average Bonchev–Trinajstić information content (AvgIpc) is 3.64. The van der Waals surface area contributed by atoms with E-state index in [9.17, 15) is 14.3 Å². The number of rotatable bonds is 9. The second kappa shape index (κ2) is 17.6. The summed E-state index contributed by atoms with van der Waals surface area (Å²) in [5, 5.41) is 11.7. The molecular formula is C46H41ClFN5O6S. The highest BCUT2D eigenvalue weighted by Gasteiger charge is 2.29. The number of carboxylic acid groups (broad SMARTS) is 1. The summed E-state index contributed by atoms with van der Waals surface area (Å²) in [7, 11) is 5.59. The number of benzene rings is 4. The lowest BCUT2D eigenvalue weighted by atomic mass is 9.96. The number of aryl methyl sites for hydroxylation is 1. The fourth-order valence-corrected chi connectivity index (χ4v) is 8.73. The zero-order valence-electron chi connectivity index (χ0n) is 33.3. The first-order chi connectivity index (χ1) is 29.1. The molecule has 0 amide bonds. The van der Waals surface area contributed by atoms with Gasteiger partial charge in [-0.25, -0.2) is 29.1 Å². The van der Waals surface area contributed by atoms with Gasteiger partial charge in [0.05, 0.1) is 28.8 Å². The molecule has 11 nitrogen and oxygen atoms in total. The minimum Gasteiger partial charge on any atom is -0.496 e. The van der Waals surface area contributed by atoms with E-state index in [0.717, 1.165) is 32.7 Å². The predicted molar refractivity (Wildman–Crippen MR) is 230 cm³/mol. The number of hydrogen-bond acceptors (Lipinski definition) is 11. The maximum absolute atomic E-state index is 14.2. The number of likely N-dealkylation sites (N-methyl/N-ethyl adjacent to an activating group) is 1. The molecule has 2 aliphatic rings. The normalized spacial score (nSPS) is 15.3. The summed E-state index contributed by atoms with van der Waals surface area (Å²) in [5.41, 5.74) is 5.86. The number of fused-ring (bicyclic) bond motifs is 7. The molecule has 3 aromatic heterocycles. The highest BCUT2D eigenvalue weighted by Crippen LogP contribution is 2.49. The number of para-hydroxylation sites is 1. The number of hydrogen-bond donors (Lipinski definition) is 1. The molecule has 0 unspecified atom stereocenters. The Morgan fingerprint density at radius 1 is 0.983 bits per heavy atom. The van der Waals surface area contributed by atoms with E-state index in [0.29, 0.717) is 74.5 Å². The lowest BCUT2D eigenvalue weighted by Crippen LogP contribution is -2.31. The van der Waals surface area contributed by atoms with Gasteiger partial charge in [0, 0.05) is 29.6 Å². The summed E-state index contributed by atoms with van der Waals surface area (Å²) < 4.78 is 39.3. The van der Waals surface area contributed by atoms with Gasteiger partial charge in [-0.05, 0) is 104 Å². The van der Waals surface area contributed by atoms with E-state index < -0.39 is 12.1 Å². The first-order valence-corrected chi connectivity index (χ1v) is 20.5. The molecule has 0 saturated heterocycles. The average molecular weight is 846 g/mol. The summed E-state index contributed by atoms with van der Waals surface area (Å²) in [6, 6.07) is 25.1. The molecule has 0 saturated carbocycles. The lowest BCUT2D eigenvalue weighted by molar-refractivity contribution is -0.145. The van der Waals surface area contributed by atoms with E-state index in [1.54, 1.807) is 31.5 Å². The number of thiophene rings is 1. The van der Waals surface area contributed by atoms with Crippen LogP contribution in [0.5, 0.6) is 23.1 Å². The Kier molecular flexibility index (Phi) is 11.9. The summed E-state index contributed by atoms with van der Waals surface area (Å²) in [6.45, 7) is 2.62. The lowest BCUT2D eigenvalue weighted by Gasteiger charge is -2.24. The number of ether oxygens (including phenoxy) is 4. The Labute approximate surface area is 355 Å². The summed E-state index contributed by atoms with van der Waals surface area (Å²) in [6.07, 6.45) is 2.61. The molecule has 5 heterocycles. The van der Waals surface area contributed by atoms with Gasteiger partial charge in [0.2, 0.25) is 12.0 Å². The van der Waals surface area contributed by atoms with Crippen molar-refractivity contribution >= 4 is 39.1 Å². The Balaban J connectivity index is 1.23. The Hall–Kier alpha value is -6.15. The molecule has 2 atom stereocenters.